The van der Waals surface area contributed by atoms with Crippen LogP contribution >= 0.6 is 0 Å². The molecule has 7 atom stereocenters. The summed E-state index contributed by atoms with van der Waals surface area (Å²) in [5.41, 5.74) is 14.6. The maximum atomic E-state index is 10.2. The number of phenols is 8. The summed E-state index contributed by atoms with van der Waals surface area (Å²) in [6.45, 7) is 15.9. The predicted octanol–water partition coefficient (Wildman–Crippen LogP) is 14.1. The summed E-state index contributed by atoms with van der Waals surface area (Å²) in [6.07, 6.45) is 15.6. The number of aromatic hydroxyl groups is 8. The molecule has 5 unspecified atom stereocenters. The van der Waals surface area contributed by atoms with Gasteiger partial charge in [-0.1, -0.05) is 72.8 Å². The Morgan fingerprint density at radius 3 is 0.966 bits per heavy atom. The molecule has 456 valence electrons. The van der Waals surface area contributed by atoms with Gasteiger partial charge in [-0.3, -0.25) is 0 Å². The van der Waals surface area contributed by atoms with Crippen molar-refractivity contribution in [1.82, 2.24) is 0 Å². The lowest BCUT2D eigenvalue weighted by molar-refractivity contribution is 0.377. The average Bonchev–Trinajstić information content (AvgIpc) is 2.92. The Balaban J connectivity index is 0.000000130. The van der Waals surface area contributed by atoms with Crippen LogP contribution in [0.25, 0.3) is 44.5 Å². The molecule has 0 spiro atoms. The molecule has 8 aromatic carbocycles. The normalized spacial score (nSPS) is 19.8. The minimum atomic E-state index is 0.216. The van der Waals surface area contributed by atoms with Crippen LogP contribution in [0.1, 0.15) is 65.3 Å². The Kier molecular flexibility index (Phi) is 20.0. The standard InChI is InChI=1S/3C19H20O3.C18H18O4/c2*1-3-4-15-11-14(6-8-17(15)20)16-9-13(5-7-18(16)21)10-19-12(2)22-19;1-2-3-4-13-5-7-19(21)17(9-13)14-6-8-18(20)15(10-14)11-16-12-22-16;19-17-4-2-12(7-13(17)8-15-10-22-15)16-6-11(1-3-18(16)20)5-14-9-21-14/h2*3,5-9,11-12,19-21H,1,4,10H2,2H3;2-3,5-10,16,20-21H,4,11-12H2,1H3;1-4,6-7,14-15,19-20H,5,8-10H2/b;;3-2-;/t2*12?,19-;;/m10../s1. The Bertz CT molecular complexity index is 3670. The smallest absolute Gasteiger partial charge is 0.123 e. The van der Waals surface area contributed by atoms with Gasteiger partial charge < -0.3 is 64.5 Å². The Morgan fingerprint density at radius 1 is 0.364 bits per heavy atom. The van der Waals surface area contributed by atoms with Crippen LogP contribution in [-0.2, 0) is 75.1 Å². The molecule has 0 aromatic heterocycles. The zero-order valence-corrected chi connectivity index (χ0v) is 50.0. The molecule has 8 aromatic rings. The number of epoxide rings is 5. The third kappa shape index (κ3) is 17.0. The highest BCUT2D eigenvalue weighted by molar-refractivity contribution is 5.75. The van der Waals surface area contributed by atoms with Gasteiger partial charge in [-0.05, 0) is 204 Å². The molecule has 0 bridgehead atoms. The maximum absolute atomic E-state index is 10.2. The van der Waals surface area contributed by atoms with Crippen LogP contribution in [0.5, 0.6) is 46.0 Å². The molecule has 0 radical (unpaired) electrons. The molecular formula is C75H78O13. The van der Waals surface area contributed by atoms with Crippen molar-refractivity contribution >= 4 is 0 Å². The monoisotopic (exact) mass is 1190 g/mol. The summed E-state index contributed by atoms with van der Waals surface area (Å²) >= 11 is 0. The van der Waals surface area contributed by atoms with Crippen LogP contribution in [-0.4, -0.2) is 103 Å². The summed E-state index contributed by atoms with van der Waals surface area (Å²) in [5.74, 6) is 2.04. The van der Waals surface area contributed by atoms with E-state index in [0.29, 0.717) is 44.0 Å². The first-order chi connectivity index (χ1) is 42.5. The van der Waals surface area contributed by atoms with Gasteiger partial charge in [0, 0.05) is 54.4 Å². The first-order valence-corrected chi connectivity index (χ1v) is 30.1. The number of allylic oxidation sites excluding steroid dienone is 4. The third-order valence-corrected chi connectivity index (χ3v) is 16.2. The van der Waals surface area contributed by atoms with Gasteiger partial charge in [0.15, 0.2) is 0 Å². The van der Waals surface area contributed by atoms with Gasteiger partial charge >= 0.3 is 0 Å². The van der Waals surface area contributed by atoms with Gasteiger partial charge in [-0.15, -0.1) is 13.2 Å². The Labute approximate surface area is 515 Å². The molecule has 5 saturated heterocycles. The van der Waals surface area contributed by atoms with Gasteiger partial charge in [0.25, 0.3) is 0 Å². The first kappa shape index (κ1) is 62.2. The summed E-state index contributed by atoms with van der Waals surface area (Å²) in [4.78, 5) is 0. The first-order valence-electron chi connectivity index (χ1n) is 30.1. The van der Waals surface area contributed by atoms with E-state index in [4.69, 9.17) is 23.7 Å². The molecule has 5 fully saturated rings. The molecule has 13 nitrogen and oxygen atoms in total. The van der Waals surface area contributed by atoms with E-state index in [1.54, 1.807) is 60.7 Å². The van der Waals surface area contributed by atoms with Crippen LogP contribution in [0, 0.1) is 0 Å². The molecular weight excluding hydrogens is 1110 g/mol. The minimum absolute atomic E-state index is 0.216. The highest BCUT2D eigenvalue weighted by Crippen LogP contribution is 2.40. The lowest BCUT2D eigenvalue weighted by Gasteiger charge is -2.10. The van der Waals surface area contributed by atoms with Crippen LogP contribution in [0.15, 0.2) is 183 Å². The number of phenolic OH excluding ortho intramolecular Hbond substituents is 8. The van der Waals surface area contributed by atoms with Crippen LogP contribution in [0.2, 0.25) is 0 Å². The molecule has 8 N–H and O–H groups in total. The highest BCUT2D eigenvalue weighted by atomic mass is 16.6. The minimum Gasteiger partial charge on any atom is -0.508 e. The topological polar surface area (TPSA) is 224 Å². The van der Waals surface area contributed by atoms with Gasteiger partial charge in [-0.2, -0.15) is 0 Å². The Morgan fingerprint density at radius 2 is 0.648 bits per heavy atom. The number of rotatable bonds is 20. The number of hydrogen-bond donors (Lipinski definition) is 8. The lowest BCUT2D eigenvalue weighted by atomic mass is 9.97. The van der Waals surface area contributed by atoms with E-state index in [1.165, 1.54) is 0 Å². The molecule has 88 heavy (non-hydrogen) atoms. The fraction of sp³-hybridized carbons (Fsp3) is 0.280. The molecule has 0 aliphatic carbocycles. The van der Waals surface area contributed by atoms with Crippen LogP contribution in [0.3, 0.4) is 0 Å². The van der Waals surface area contributed by atoms with Crippen molar-refractivity contribution in [3.8, 4) is 90.5 Å². The van der Waals surface area contributed by atoms with Gasteiger partial charge in [0.1, 0.15) is 46.0 Å². The number of ether oxygens (including phenoxy) is 5. The van der Waals surface area contributed by atoms with E-state index in [1.807, 2.05) is 110 Å². The van der Waals surface area contributed by atoms with Crippen LogP contribution < -0.4 is 0 Å². The SMILES string of the molecule is C/C=C\Cc1ccc(O)c(-c2ccc(O)c(CC3CO3)c2)c1.C=CCc1cc(-c2cc(C[C@@H]3OC3C)ccc2O)ccc1O.C=CCc1cc(-c2cc(C[C@H]3OC3C)ccc2O)ccc1O.Oc1ccc(-c2cc(CC3CO3)ccc2O)cc1CC1CO1. The van der Waals surface area contributed by atoms with Crippen molar-refractivity contribution in [3.63, 3.8) is 0 Å². The van der Waals surface area contributed by atoms with E-state index in [2.05, 4.69) is 33.1 Å². The van der Waals surface area contributed by atoms with E-state index in [9.17, 15) is 40.9 Å². The van der Waals surface area contributed by atoms with Crippen molar-refractivity contribution < 1.29 is 64.5 Å². The quantitative estimate of drug-likeness (QED) is 0.0263. The van der Waals surface area contributed by atoms with Gasteiger partial charge in [0.05, 0.1) is 62.5 Å². The summed E-state index contributed by atoms with van der Waals surface area (Å²) in [6, 6.07) is 44.2. The van der Waals surface area contributed by atoms with Gasteiger partial charge in [0.2, 0.25) is 0 Å². The largest absolute Gasteiger partial charge is 0.508 e. The summed E-state index contributed by atoms with van der Waals surface area (Å²) < 4.78 is 26.6. The van der Waals surface area contributed by atoms with Gasteiger partial charge in [-0.25, -0.2) is 0 Å². The number of benzene rings is 8. The Hall–Kier alpha value is -8.82. The maximum Gasteiger partial charge on any atom is 0.123 e. The average molecular weight is 1190 g/mol. The fourth-order valence-corrected chi connectivity index (χ4v) is 10.7. The highest BCUT2D eigenvalue weighted by Gasteiger charge is 2.35. The van der Waals surface area contributed by atoms with Crippen molar-refractivity contribution in [2.45, 2.75) is 115 Å². The zero-order valence-electron chi connectivity index (χ0n) is 50.0. The molecule has 5 heterocycles. The summed E-state index contributed by atoms with van der Waals surface area (Å²) in [5, 5.41) is 80.3. The molecule has 0 saturated carbocycles. The van der Waals surface area contributed by atoms with E-state index >= 15 is 0 Å². The zero-order chi connectivity index (χ0) is 62.0. The fourth-order valence-electron chi connectivity index (χ4n) is 10.7. The second-order valence-corrected chi connectivity index (χ2v) is 23.2. The molecule has 5 aliphatic heterocycles. The van der Waals surface area contributed by atoms with Crippen molar-refractivity contribution in [2.24, 2.45) is 0 Å². The third-order valence-electron chi connectivity index (χ3n) is 16.2. The van der Waals surface area contributed by atoms with E-state index in [-0.39, 0.29) is 70.4 Å². The molecule has 13 heteroatoms. The predicted molar refractivity (Wildman–Crippen MR) is 344 cm³/mol. The number of hydrogen-bond acceptors (Lipinski definition) is 13. The molecule has 0 amide bonds. The van der Waals surface area contributed by atoms with E-state index < -0.39 is 0 Å². The van der Waals surface area contributed by atoms with E-state index in [0.717, 1.165) is 135 Å². The second-order valence-electron chi connectivity index (χ2n) is 23.2. The van der Waals surface area contributed by atoms with Crippen molar-refractivity contribution in [2.75, 3.05) is 19.8 Å². The summed E-state index contributed by atoms with van der Waals surface area (Å²) in [7, 11) is 0. The van der Waals surface area contributed by atoms with Crippen molar-refractivity contribution in [1.29, 1.82) is 0 Å². The van der Waals surface area contributed by atoms with Crippen molar-refractivity contribution in [3.05, 3.63) is 228 Å². The lowest BCUT2D eigenvalue weighted by Crippen LogP contribution is -1.96. The van der Waals surface area contributed by atoms with Crippen LogP contribution in [0.4, 0.5) is 0 Å². The molecule has 5 aliphatic rings. The molecule has 13 rings (SSSR count). The second kappa shape index (κ2) is 28.3.